The van der Waals surface area contributed by atoms with Crippen molar-refractivity contribution in [2.24, 2.45) is 5.92 Å². The van der Waals surface area contributed by atoms with Crippen LogP contribution in [-0.2, 0) is 4.79 Å². The monoisotopic (exact) mass is 239 g/mol. The van der Waals surface area contributed by atoms with Gasteiger partial charge in [0, 0.05) is 17.3 Å². The molecule has 16 heavy (non-hydrogen) atoms. The molecule has 0 spiro atoms. The van der Waals surface area contributed by atoms with E-state index in [0.29, 0.717) is 6.54 Å². The first kappa shape index (κ1) is 11.6. The lowest BCUT2D eigenvalue weighted by Crippen LogP contribution is -2.32. The Hall–Kier alpha value is -0.870. The van der Waals surface area contributed by atoms with Crippen LogP contribution in [0.25, 0.3) is 0 Å². The van der Waals surface area contributed by atoms with E-state index < -0.39 is 6.10 Å². The molecular weight excluding hydrogens is 222 g/mol. The van der Waals surface area contributed by atoms with Gasteiger partial charge in [0.25, 0.3) is 0 Å². The van der Waals surface area contributed by atoms with Crippen molar-refractivity contribution in [3.8, 4) is 0 Å². The lowest BCUT2D eigenvalue weighted by molar-refractivity contribution is -0.125. The van der Waals surface area contributed by atoms with E-state index in [4.69, 9.17) is 0 Å². The summed E-state index contributed by atoms with van der Waals surface area (Å²) in [7, 11) is 0. The molecule has 2 rings (SSSR count). The lowest BCUT2D eigenvalue weighted by Gasteiger charge is -2.13. The van der Waals surface area contributed by atoms with Gasteiger partial charge in [-0.3, -0.25) is 4.79 Å². The second kappa shape index (κ2) is 5.46. The summed E-state index contributed by atoms with van der Waals surface area (Å²) in [5.41, 5.74) is 0. The first-order chi connectivity index (χ1) is 7.77. The van der Waals surface area contributed by atoms with Crippen LogP contribution < -0.4 is 5.32 Å². The van der Waals surface area contributed by atoms with E-state index in [1.807, 2.05) is 17.5 Å². The van der Waals surface area contributed by atoms with Gasteiger partial charge in [0.1, 0.15) is 6.10 Å². The van der Waals surface area contributed by atoms with Gasteiger partial charge in [-0.2, -0.15) is 0 Å². The summed E-state index contributed by atoms with van der Waals surface area (Å²) >= 11 is 1.51. The second-order valence-electron chi connectivity index (χ2n) is 4.26. The Morgan fingerprint density at radius 3 is 2.94 bits per heavy atom. The smallest absolute Gasteiger partial charge is 0.223 e. The first-order valence-corrected chi connectivity index (χ1v) is 6.64. The van der Waals surface area contributed by atoms with Crippen LogP contribution in [-0.4, -0.2) is 17.6 Å². The number of carbonyl (C=O) groups excluding carboxylic acids is 1. The fourth-order valence-corrected chi connectivity index (χ4v) is 2.82. The average Bonchev–Trinajstić information content (AvgIpc) is 2.95. The van der Waals surface area contributed by atoms with E-state index in [0.717, 1.165) is 30.6 Å². The molecule has 1 aliphatic rings. The molecule has 0 saturated heterocycles. The SMILES string of the molecule is O=C(NCC(O)c1cccs1)C1CCCC1. The highest BCUT2D eigenvalue weighted by atomic mass is 32.1. The Kier molecular flexibility index (Phi) is 3.96. The number of thiophene rings is 1. The van der Waals surface area contributed by atoms with Gasteiger partial charge >= 0.3 is 0 Å². The molecule has 1 unspecified atom stereocenters. The molecular formula is C12H17NO2S. The maximum atomic E-state index is 11.7. The molecule has 1 aromatic heterocycles. The molecule has 3 nitrogen and oxygen atoms in total. The molecule has 4 heteroatoms. The summed E-state index contributed by atoms with van der Waals surface area (Å²) in [6.07, 6.45) is 3.75. The molecule has 1 aromatic rings. The van der Waals surface area contributed by atoms with E-state index in [9.17, 15) is 9.90 Å². The minimum absolute atomic E-state index is 0.105. The highest BCUT2D eigenvalue weighted by Crippen LogP contribution is 2.25. The molecule has 0 aromatic carbocycles. The molecule has 1 heterocycles. The van der Waals surface area contributed by atoms with Crippen LogP contribution in [0.5, 0.6) is 0 Å². The van der Waals surface area contributed by atoms with Gasteiger partial charge < -0.3 is 10.4 Å². The minimum Gasteiger partial charge on any atom is -0.386 e. The summed E-state index contributed by atoms with van der Waals surface area (Å²) < 4.78 is 0. The van der Waals surface area contributed by atoms with Crippen molar-refractivity contribution in [2.45, 2.75) is 31.8 Å². The Labute approximate surface area is 99.5 Å². The lowest BCUT2D eigenvalue weighted by atomic mass is 10.1. The number of aliphatic hydroxyl groups is 1. The predicted octanol–water partition coefficient (Wildman–Crippen LogP) is 2.09. The Morgan fingerprint density at radius 2 is 2.31 bits per heavy atom. The highest BCUT2D eigenvalue weighted by Gasteiger charge is 2.22. The maximum absolute atomic E-state index is 11.7. The third kappa shape index (κ3) is 2.83. The van der Waals surface area contributed by atoms with Gasteiger partial charge in [-0.15, -0.1) is 11.3 Å². The minimum atomic E-state index is -0.564. The summed E-state index contributed by atoms with van der Waals surface area (Å²) in [6.45, 7) is 0.329. The van der Waals surface area contributed by atoms with Crippen LogP contribution in [0.1, 0.15) is 36.7 Å². The average molecular weight is 239 g/mol. The standard InChI is InChI=1S/C12H17NO2S/c14-10(11-6-3-7-16-11)8-13-12(15)9-4-1-2-5-9/h3,6-7,9-10,14H,1-2,4-5,8H2,(H,13,15). The van der Waals surface area contributed by atoms with Crippen LogP contribution in [0.3, 0.4) is 0 Å². The van der Waals surface area contributed by atoms with Crippen molar-refractivity contribution in [1.29, 1.82) is 0 Å². The first-order valence-electron chi connectivity index (χ1n) is 5.76. The number of aliphatic hydroxyl groups excluding tert-OH is 1. The normalized spacial score (nSPS) is 18.6. The Bertz CT molecular complexity index is 331. The van der Waals surface area contributed by atoms with E-state index >= 15 is 0 Å². The number of hydrogen-bond donors (Lipinski definition) is 2. The van der Waals surface area contributed by atoms with Gasteiger partial charge in [0.05, 0.1) is 0 Å². The number of nitrogens with one attached hydrogen (secondary N) is 1. The molecule has 88 valence electrons. The van der Waals surface area contributed by atoms with Crippen molar-refractivity contribution >= 4 is 17.2 Å². The van der Waals surface area contributed by atoms with E-state index in [2.05, 4.69) is 5.32 Å². The number of carbonyl (C=O) groups is 1. The third-order valence-electron chi connectivity index (χ3n) is 3.07. The summed E-state index contributed by atoms with van der Waals surface area (Å²) in [5, 5.41) is 14.6. The maximum Gasteiger partial charge on any atom is 0.223 e. The Balaban J connectivity index is 1.76. The van der Waals surface area contributed by atoms with E-state index in [1.54, 1.807) is 0 Å². The zero-order chi connectivity index (χ0) is 11.4. The number of amides is 1. The molecule has 1 aliphatic carbocycles. The summed E-state index contributed by atoms with van der Waals surface area (Å²) in [5.74, 6) is 0.281. The zero-order valence-electron chi connectivity index (χ0n) is 9.19. The summed E-state index contributed by atoms with van der Waals surface area (Å²) in [4.78, 5) is 12.6. The number of rotatable bonds is 4. The van der Waals surface area contributed by atoms with Crippen LogP contribution in [0, 0.1) is 5.92 Å². The van der Waals surface area contributed by atoms with Crippen LogP contribution in [0.2, 0.25) is 0 Å². The molecule has 0 radical (unpaired) electrons. The zero-order valence-corrected chi connectivity index (χ0v) is 10.0. The molecule has 2 N–H and O–H groups in total. The quantitative estimate of drug-likeness (QED) is 0.845. The van der Waals surface area contributed by atoms with Gasteiger partial charge in [0.15, 0.2) is 0 Å². The van der Waals surface area contributed by atoms with Crippen LogP contribution in [0.15, 0.2) is 17.5 Å². The largest absolute Gasteiger partial charge is 0.386 e. The molecule has 1 fully saturated rings. The van der Waals surface area contributed by atoms with Crippen molar-refractivity contribution < 1.29 is 9.90 Å². The van der Waals surface area contributed by atoms with E-state index in [1.165, 1.54) is 11.3 Å². The molecule has 1 atom stereocenters. The van der Waals surface area contributed by atoms with Gasteiger partial charge in [-0.25, -0.2) is 0 Å². The third-order valence-corrected chi connectivity index (χ3v) is 4.04. The van der Waals surface area contributed by atoms with Gasteiger partial charge in [-0.1, -0.05) is 18.9 Å². The fourth-order valence-electron chi connectivity index (χ4n) is 2.11. The molecule has 1 amide bonds. The van der Waals surface area contributed by atoms with Crippen molar-refractivity contribution in [1.82, 2.24) is 5.32 Å². The fraction of sp³-hybridized carbons (Fsp3) is 0.583. The number of hydrogen-bond acceptors (Lipinski definition) is 3. The predicted molar refractivity (Wildman–Crippen MR) is 64.2 cm³/mol. The second-order valence-corrected chi connectivity index (χ2v) is 5.24. The van der Waals surface area contributed by atoms with Crippen molar-refractivity contribution in [3.63, 3.8) is 0 Å². The topological polar surface area (TPSA) is 49.3 Å². The molecule has 1 saturated carbocycles. The van der Waals surface area contributed by atoms with E-state index in [-0.39, 0.29) is 11.8 Å². The van der Waals surface area contributed by atoms with Crippen molar-refractivity contribution in [2.75, 3.05) is 6.54 Å². The summed E-state index contributed by atoms with van der Waals surface area (Å²) in [6, 6.07) is 3.79. The van der Waals surface area contributed by atoms with Crippen LogP contribution in [0.4, 0.5) is 0 Å². The van der Waals surface area contributed by atoms with Crippen molar-refractivity contribution in [3.05, 3.63) is 22.4 Å². The van der Waals surface area contributed by atoms with Gasteiger partial charge in [-0.05, 0) is 24.3 Å². The molecule has 0 bridgehead atoms. The van der Waals surface area contributed by atoms with Crippen LogP contribution >= 0.6 is 11.3 Å². The highest BCUT2D eigenvalue weighted by molar-refractivity contribution is 7.10. The van der Waals surface area contributed by atoms with Gasteiger partial charge in [0.2, 0.25) is 5.91 Å². The Morgan fingerprint density at radius 1 is 1.56 bits per heavy atom. The molecule has 0 aliphatic heterocycles.